The molecule has 0 aliphatic carbocycles. The summed E-state index contributed by atoms with van der Waals surface area (Å²) >= 11 is 7.17. The first kappa shape index (κ1) is 10.3. The predicted molar refractivity (Wildman–Crippen MR) is 60.7 cm³/mol. The van der Waals surface area contributed by atoms with Crippen LogP contribution in [0.2, 0.25) is 0 Å². The van der Waals surface area contributed by atoms with Crippen LogP contribution in [0.15, 0.2) is 15.0 Å². The second kappa shape index (κ2) is 3.93. The molecule has 0 N–H and O–H groups in total. The molecule has 66 valence electrons. The van der Waals surface area contributed by atoms with E-state index >= 15 is 0 Å². The van der Waals surface area contributed by atoms with Crippen LogP contribution in [0.25, 0.3) is 0 Å². The predicted octanol–water partition coefficient (Wildman–Crippen LogP) is 4.39. The molecule has 1 aromatic rings. The van der Waals surface area contributed by atoms with Gasteiger partial charge in [-0.2, -0.15) is 0 Å². The second-order valence-corrected chi connectivity index (χ2v) is 4.59. The van der Waals surface area contributed by atoms with E-state index in [9.17, 15) is 0 Å². The Hall–Kier alpha value is 0.180. The standard InChI is InChI=1S/C10H12Br2/c1-4-8-9(11)5-6(2)7(3)10(8)12/h5H,4H2,1-3H3. The minimum atomic E-state index is 1.06. The minimum Gasteiger partial charge on any atom is -0.0612 e. The summed E-state index contributed by atoms with van der Waals surface area (Å²) in [6.45, 7) is 6.44. The Morgan fingerprint density at radius 2 is 1.83 bits per heavy atom. The van der Waals surface area contributed by atoms with Crippen LogP contribution >= 0.6 is 31.9 Å². The molecule has 0 bridgehead atoms. The maximum Gasteiger partial charge on any atom is 0.0250 e. The van der Waals surface area contributed by atoms with Gasteiger partial charge in [-0.15, -0.1) is 0 Å². The van der Waals surface area contributed by atoms with Crippen molar-refractivity contribution in [2.24, 2.45) is 0 Å². The first-order chi connectivity index (χ1) is 5.57. The number of aryl methyl sites for hydroxylation is 1. The second-order valence-electron chi connectivity index (χ2n) is 2.95. The summed E-state index contributed by atoms with van der Waals surface area (Å²) in [5.74, 6) is 0. The highest BCUT2D eigenvalue weighted by atomic mass is 79.9. The normalized spacial score (nSPS) is 10.4. The van der Waals surface area contributed by atoms with Gasteiger partial charge in [-0.25, -0.2) is 0 Å². The lowest BCUT2D eigenvalue weighted by atomic mass is 10.1. The fourth-order valence-electron chi connectivity index (χ4n) is 1.21. The zero-order chi connectivity index (χ0) is 9.30. The molecule has 0 atom stereocenters. The van der Waals surface area contributed by atoms with E-state index < -0.39 is 0 Å². The van der Waals surface area contributed by atoms with E-state index in [1.807, 2.05) is 0 Å². The number of benzene rings is 1. The topological polar surface area (TPSA) is 0 Å². The summed E-state index contributed by atoms with van der Waals surface area (Å²) in [5, 5.41) is 0. The van der Waals surface area contributed by atoms with E-state index in [-0.39, 0.29) is 0 Å². The van der Waals surface area contributed by atoms with Crippen molar-refractivity contribution in [1.29, 1.82) is 0 Å². The summed E-state index contributed by atoms with van der Waals surface area (Å²) in [6, 6.07) is 2.18. The Balaban J connectivity index is 3.40. The Labute approximate surface area is 90.6 Å². The van der Waals surface area contributed by atoms with Crippen molar-refractivity contribution in [3.05, 3.63) is 31.7 Å². The molecule has 0 radical (unpaired) electrons. The first-order valence-electron chi connectivity index (χ1n) is 4.02. The fourth-order valence-corrected chi connectivity index (χ4v) is 3.11. The fraction of sp³-hybridized carbons (Fsp3) is 0.400. The molecule has 0 nitrogen and oxygen atoms in total. The number of halogens is 2. The van der Waals surface area contributed by atoms with Crippen LogP contribution in [0.1, 0.15) is 23.6 Å². The first-order valence-corrected chi connectivity index (χ1v) is 5.60. The van der Waals surface area contributed by atoms with Crippen molar-refractivity contribution in [3.8, 4) is 0 Å². The van der Waals surface area contributed by atoms with Crippen LogP contribution in [0, 0.1) is 13.8 Å². The van der Waals surface area contributed by atoms with E-state index in [0.29, 0.717) is 0 Å². The van der Waals surface area contributed by atoms with Crippen LogP contribution in [0.5, 0.6) is 0 Å². The Morgan fingerprint density at radius 1 is 1.25 bits per heavy atom. The van der Waals surface area contributed by atoms with Gasteiger partial charge in [0.05, 0.1) is 0 Å². The molecule has 0 aliphatic heterocycles. The molecule has 0 heterocycles. The lowest BCUT2D eigenvalue weighted by Gasteiger charge is -2.10. The molecule has 12 heavy (non-hydrogen) atoms. The SMILES string of the molecule is CCc1c(Br)cc(C)c(C)c1Br. The molecule has 1 rings (SSSR count). The third-order valence-corrected chi connectivity index (χ3v) is 3.95. The maximum atomic E-state index is 3.61. The average Bonchev–Trinajstić information content (AvgIpc) is 2.01. The van der Waals surface area contributed by atoms with Crippen LogP contribution in [0.3, 0.4) is 0 Å². The molecule has 0 saturated heterocycles. The molecule has 0 spiro atoms. The quantitative estimate of drug-likeness (QED) is 0.720. The molecular formula is C10H12Br2. The monoisotopic (exact) mass is 290 g/mol. The van der Waals surface area contributed by atoms with Gasteiger partial charge in [0.25, 0.3) is 0 Å². The summed E-state index contributed by atoms with van der Waals surface area (Å²) < 4.78 is 2.46. The molecule has 0 fully saturated rings. The molecule has 1 aromatic carbocycles. The Bertz CT molecular complexity index is 303. The smallest absolute Gasteiger partial charge is 0.0250 e. The van der Waals surface area contributed by atoms with Crippen LogP contribution in [0.4, 0.5) is 0 Å². The van der Waals surface area contributed by atoms with E-state index in [2.05, 4.69) is 58.7 Å². The zero-order valence-electron chi connectivity index (χ0n) is 7.54. The molecular weight excluding hydrogens is 280 g/mol. The highest BCUT2D eigenvalue weighted by Crippen LogP contribution is 2.31. The van der Waals surface area contributed by atoms with Crippen molar-refractivity contribution >= 4 is 31.9 Å². The van der Waals surface area contributed by atoms with Gasteiger partial charge >= 0.3 is 0 Å². The van der Waals surface area contributed by atoms with Gasteiger partial charge in [0, 0.05) is 8.95 Å². The molecule has 0 saturated carbocycles. The maximum absolute atomic E-state index is 3.61. The molecule has 0 amide bonds. The number of hydrogen-bond acceptors (Lipinski definition) is 0. The molecule has 2 heteroatoms. The Morgan fingerprint density at radius 3 is 2.33 bits per heavy atom. The van der Waals surface area contributed by atoms with Gasteiger partial charge in [0.2, 0.25) is 0 Å². The van der Waals surface area contributed by atoms with Gasteiger partial charge in [-0.3, -0.25) is 0 Å². The molecule has 0 aliphatic rings. The van der Waals surface area contributed by atoms with Gasteiger partial charge in [0.1, 0.15) is 0 Å². The van der Waals surface area contributed by atoms with Crippen molar-refractivity contribution in [1.82, 2.24) is 0 Å². The minimum absolute atomic E-state index is 1.06. The number of hydrogen-bond donors (Lipinski definition) is 0. The summed E-state index contributed by atoms with van der Waals surface area (Å²) in [6.07, 6.45) is 1.06. The summed E-state index contributed by atoms with van der Waals surface area (Å²) in [5.41, 5.74) is 4.03. The van der Waals surface area contributed by atoms with Crippen LogP contribution < -0.4 is 0 Å². The summed E-state index contributed by atoms with van der Waals surface area (Å²) in [7, 11) is 0. The van der Waals surface area contributed by atoms with Crippen LogP contribution in [-0.4, -0.2) is 0 Å². The largest absolute Gasteiger partial charge is 0.0612 e. The molecule has 0 aromatic heterocycles. The lowest BCUT2D eigenvalue weighted by molar-refractivity contribution is 1.09. The van der Waals surface area contributed by atoms with Crippen LogP contribution in [-0.2, 0) is 6.42 Å². The average molecular weight is 292 g/mol. The third-order valence-electron chi connectivity index (χ3n) is 2.17. The number of rotatable bonds is 1. The van der Waals surface area contributed by atoms with E-state index in [1.165, 1.54) is 25.6 Å². The van der Waals surface area contributed by atoms with Gasteiger partial charge in [0.15, 0.2) is 0 Å². The summed E-state index contributed by atoms with van der Waals surface area (Å²) in [4.78, 5) is 0. The van der Waals surface area contributed by atoms with Crippen molar-refractivity contribution < 1.29 is 0 Å². The lowest BCUT2D eigenvalue weighted by Crippen LogP contribution is -1.91. The Kier molecular flexibility index (Phi) is 3.36. The third kappa shape index (κ3) is 1.74. The zero-order valence-corrected chi connectivity index (χ0v) is 10.7. The van der Waals surface area contributed by atoms with Crippen molar-refractivity contribution in [2.45, 2.75) is 27.2 Å². The van der Waals surface area contributed by atoms with E-state index in [1.54, 1.807) is 0 Å². The van der Waals surface area contributed by atoms with Crippen molar-refractivity contribution in [2.75, 3.05) is 0 Å². The van der Waals surface area contributed by atoms with Gasteiger partial charge in [-0.05, 0) is 43.0 Å². The highest BCUT2D eigenvalue weighted by Gasteiger charge is 2.07. The highest BCUT2D eigenvalue weighted by molar-refractivity contribution is 9.11. The van der Waals surface area contributed by atoms with Gasteiger partial charge in [-0.1, -0.05) is 38.8 Å². The van der Waals surface area contributed by atoms with Gasteiger partial charge < -0.3 is 0 Å². The molecule has 0 unspecified atom stereocenters. The van der Waals surface area contributed by atoms with E-state index in [0.717, 1.165) is 6.42 Å². The van der Waals surface area contributed by atoms with E-state index in [4.69, 9.17) is 0 Å². The van der Waals surface area contributed by atoms with Crippen molar-refractivity contribution in [3.63, 3.8) is 0 Å².